The Morgan fingerprint density at radius 3 is 1.25 bits per heavy atom. The molecule has 0 unspecified atom stereocenters. The zero-order chi connectivity index (χ0) is 20.9. The van der Waals surface area contributed by atoms with Gasteiger partial charge in [0.15, 0.2) is 0 Å². The monoisotopic (exact) mass is 398 g/mol. The van der Waals surface area contributed by atoms with Crippen LogP contribution >= 0.6 is 0 Å². The molecule has 0 radical (unpaired) electrons. The number of aliphatic hydroxyl groups excluding tert-OH is 1. The van der Waals surface area contributed by atoms with Gasteiger partial charge >= 0.3 is 5.97 Å². The van der Waals surface area contributed by atoms with Crippen molar-refractivity contribution in [1.29, 1.82) is 0 Å². The Hall–Kier alpha value is -0.570. The summed E-state index contributed by atoms with van der Waals surface area (Å²) in [6, 6.07) is 0. The van der Waals surface area contributed by atoms with Gasteiger partial charge in [-0.05, 0) is 12.8 Å². The van der Waals surface area contributed by atoms with E-state index in [1.54, 1.807) is 0 Å². The number of aliphatic hydroxyl groups is 1. The molecule has 0 aromatic heterocycles. The molecule has 3 nitrogen and oxygen atoms in total. The molecule has 0 aromatic rings. The van der Waals surface area contributed by atoms with Crippen LogP contribution in [0, 0.1) is 5.92 Å². The number of hydrogen-bond acceptors (Lipinski definition) is 2. The van der Waals surface area contributed by atoms with Crippen molar-refractivity contribution in [3.05, 3.63) is 0 Å². The Morgan fingerprint density at radius 1 is 0.571 bits per heavy atom. The molecule has 0 spiro atoms. The fourth-order valence-corrected chi connectivity index (χ4v) is 4.02. The maximum atomic E-state index is 11.5. The Balaban J connectivity index is 3.63. The second kappa shape index (κ2) is 21.1. The van der Waals surface area contributed by atoms with Gasteiger partial charge in [0.1, 0.15) is 0 Å². The van der Waals surface area contributed by atoms with Crippen LogP contribution < -0.4 is 0 Å². The number of rotatable bonds is 22. The zero-order valence-corrected chi connectivity index (χ0v) is 19.1. The normalized spacial score (nSPS) is 13.5. The van der Waals surface area contributed by atoms with E-state index < -0.39 is 18.0 Å². The van der Waals surface area contributed by atoms with Gasteiger partial charge in [-0.3, -0.25) is 4.79 Å². The topological polar surface area (TPSA) is 57.5 Å². The van der Waals surface area contributed by atoms with E-state index in [2.05, 4.69) is 13.8 Å². The number of carbonyl (C=O) groups is 1. The van der Waals surface area contributed by atoms with Gasteiger partial charge in [-0.1, -0.05) is 129 Å². The molecule has 0 aromatic carbocycles. The molecule has 0 aliphatic carbocycles. The van der Waals surface area contributed by atoms with Gasteiger partial charge in [-0.15, -0.1) is 0 Å². The lowest BCUT2D eigenvalue weighted by atomic mass is 9.91. The lowest BCUT2D eigenvalue weighted by Gasteiger charge is -2.19. The summed E-state index contributed by atoms with van der Waals surface area (Å²) in [5.41, 5.74) is 0. The van der Waals surface area contributed by atoms with Crippen molar-refractivity contribution in [2.24, 2.45) is 5.92 Å². The van der Waals surface area contributed by atoms with E-state index in [1.807, 2.05) is 0 Å². The summed E-state index contributed by atoms with van der Waals surface area (Å²) in [5.74, 6) is -1.39. The average molecular weight is 399 g/mol. The number of unbranched alkanes of at least 4 members (excludes halogenated alkanes) is 16. The summed E-state index contributed by atoms with van der Waals surface area (Å²) in [7, 11) is 0. The van der Waals surface area contributed by atoms with Crippen LogP contribution in [0.1, 0.15) is 142 Å². The van der Waals surface area contributed by atoms with Crippen molar-refractivity contribution in [2.75, 3.05) is 0 Å². The molecule has 0 aliphatic heterocycles. The highest BCUT2D eigenvalue weighted by Gasteiger charge is 2.25. The molecule has 0 rings (SSSR count). The molecular formula is C25H50O3. The third kappa shape index (κ3) is 17.5. The van der Waals surface area contributed by atoms with E-state index in [9.17, 15) is 15.0 Å². The molecule has 0 saturated heterocycles. The highest BCUT2D eigenvalue weighted by Crippen LogP contribution is 2.20. The van der Waals surface area contributed by atoms with E-state index in [0.717, 1.165) is 25.7 Å². The van der Waals surface area contributed by atoms with Gasteiger partial charge in [0, 0.05) is 0 Å². The number of hydrogen-bond donors (Lipinski definition) is 2. The SMILES string of the molecule is CCCCCCCCCCCCC[C@@H](O)[C@@H](CCCCCCCCC)C(=O)O. The minimum Gasteiger partial charge on any atom is -0.481 e. The van der Waals surface area contributed by atoms with Crippen molar-refractivity contribution < 1.29 is 15.0 Å². The van der Waals surface area contributed by atoms with Crippen LogP contribution in [0.5, 0.6) is 0 Å². The van der Waals surface area contributed by atoms with Crippen molar-refractivity contribution in [2.45, 2.75) is 148 Å². The second-order valence-corrected chi connectivity index (χ2v) is 8.75. The molecule has 3 heteroatoms. The van der Waals surface area contributed by atoms with Crippen molar-refractivity contribution in [3.63, 3.8) is 0 Å². The number of carboxylic acids is 1. The third-order valence-corrected chi connectivity index (χ3v) is 6.00. The van der Waals surface area contributed by atoms with Gasteiger partial charge < -0.3 is 10.2 Å². The first-order chi connectivity index (χ1) is 13.6. The fourth-order valence-electron chi connectivity index (χ4n) is 4.02. The molecule has 28 heavy (non-hydrogen) atoms. The predicted molar refractivity (Wildman–Crippen MR) is 121 cm³/mol. The van der Waals surface area contributed by atoms with Gasteiger partial charge in [0.25, 0.3) is 0 Å². The largest absolute Gasteiger partial charge is 0.481 e. The van der Waals surface area contributed by atoms with Crippen molar-refractivity contribution in [3.8, 4) is 0 Å². The lowest BCUT2D eigenvalue weighted by molar-refractivity contribution is -0.146. The van der Waals surface area contributed by atoms with Crippen LogP contribution in [0.25, 0.3) is 0 Å². The molecule has 0 saturated carbocycles. The smallest absolute Gasteiger partial charge is 0.309 e. The van der Waals surface area contributed by atoms with Crippen LogP contribution in [0.2, 0.25) is 0 Å². The highest BCUT2D eigenvalue weighted by molar-refractivity contribution is 5.70. The average Bonchev–Trinajstić information content (AvgIpc) is 2.67. The van der Waals surface area contributed by atoms with Crippen LogP contribution in [0.3, 0.4) is 0 Å². The molecular weight excluding hydrogens is 348 g/mol. The summed E-state index contributed by atoms with van der Waals surface area (Å²) in [6.45, 7) is 4.47. The summed E-state index contributed by atoms with van der Waals surface area (Å²) in [4.78, 5) is 11.5. The first-order valence-corrected chi connectivity index (χ1v) is 12.5. The molecule has 0 bridgehead atoms. The molecule has 0 aliphatic rings. The molecule has 0 heterocycles. The van der Waals surface area contributed by atoms with Crippen molar-refractivity contribution >= 4 is 5.97 Å². The Morgan fingerprint density at radius 2 is 0.893 bits per heavy atom. The highest BCUT2D eigenvalue weighted by atomic mass is 16.4. The molecule has 168 valence electrons. The van der Waals surface area contributed by atoms with E-state index in [0.29, 0.717) is 12.8 Å². The maximum absolute atomic E-state index is 11.5. The minimum atomic E-state index is -0.818. The Kier molecular flexibility index (Phi) is 20.7. The Labute approximate surface area is 175 Å². The first-order valence-electron chi connectivity index (χ1n) is 12.5. The summed E-state index contributed by atoms with van der Waals surface area (Å²) in [5, 5.41) is 19.7. The fraction of sp³-hybridized carbons (Fsp3) is 0.960. The van der Waals surface area contributed by atoms with E-state index in [1.165, 1.54) is 89.9 Å². The second-order valence-electron chi connectivity index (χ2n) is 8.75. The standard InChI is InChI=1S/C25H50O3/c1-3-5-7-9-11-12-13-14-16-18-20-22-24(26)23(25(27)28)21-19-17-15-10-8-6-4-2/h23-24,26H,3-22H2,1-2H3,(H,27,28)/t23-,24-/m1/s1. The number of carboxylic acid groups (broad SMARTS) is 1. The first kappa shape index (κ1) is 27.4. The quantitative estimate of drug-likeness (QED) is 0.182. The van der Waals surface area contributed by atoms with Gasteiger partial charge in [0.05, 0.1) is 12.0 Å². The summed E-state index contributed by atoms with van der Waals surface area (Å²) >= 11 is 0. The predicted octanol–water partition coefficient (Wildman–Crippen LogP) is 7.89. The van der Waals surface area contributed by atoms with E-state index in [4.69, 9.17) is 0 Å². The summed E-state index contributed by atoms with van der Waals surface area (Å²) < 4.78 is 0. The third-order valence-electron chi connectivity index (χ3n) is 6.00. The molecule has 0 amide bonds. The van der Waals surface area contributed by atoms with E-state index in [-0.39, 0.29) is 0 Å². The summed E-state index contributed by atoms with van der Waals surface area (Å²) in [6.07, 6.45) is 23.0. The zero-order valence-electron chi connectivity index (χ0n) is 19.1. The van der Waals surface area contributed by atoms with Gasteiger partial charge in [0.2, 0.25) is 0 Å². The molecule has 2 N–H and O–H groups in total. The van der Waals surface area contributed by atoms with Crippen LogP contribution in [0.4, 0.5) is 0 Å². The van der Waals surface area contributed by atoms with Crippen molar-refractivity contribution in [1.82, 2.24) is 0 Å². The maximum Gasteiger partial charge on any atom is 0.309 e. The van der Waals surface area contributed by atoms with E-state index >= 15 is 0 Å². The van der Waals surface area contributed by atoms with Crippen LogP contribution in [-0.4, -0.2) is 22.3 Å². The van der Waals surface area contributed by atoms with Crippen LogP contribution in [0.15, 0.2) is 0 Å². The minimum absolute atomic E-state index is 0.571. The van der Waals surface area contributed by atoms with Gasteiger partial charge in [-0.2, -0.15) is 0 Å². The van der Waals surface area contributed by atoms with Gasteiger partial charge in [-0.25, -0.2) is 0 Å². The Bertz CT molecular complexity index is 330. The van der Waals surface area contributed by atoms with Crippen LogP contribution in [-0.2, 0) is 4.79 Å². The molecule has 0 fully saturated rings. The molecule has 2 atom stereocenters. The lowest BCUT2D eigenvalue weighted by Crippen LogP contribution is -2.28. The number of aliphatic carboxylic acids is 1.